The van der Waals surface area contributed by atoms with E-state index in [1.807, 2.05) is 78.9 Å². The van der Waals surface area contributed by atoms with Crippen LogP contribution in [0.5, 0.6) is 0 Å². The van der Waals surface area contributed by atoms with Crippen LogP contribution >= 0.6 is 23.1 Å². The molecule has 0 aliphatic carbocycles. The Morgan fingerprint density at radius 1 is 0.760 bits per heavy atom. The van der Waals surface area contributed by atoms with Gasteiger partial charge in [-0.3, -0.25) is 0 Å². The summed E-state index contributed by atoms with van der Waals surface area (Å²) in [6, 6.07) is 42.4. The van der Waals surface area contributed by atoms with Crippen molar-refractivity contribution in [3.05, 3.63) is 155 Å². The van der Waals surface area contributed by atoms with Crippen LogP contribution in [0.15, 0.2) is 132 Å². The summed E-state index contributed by atoms with van der Waals surface area (Å²) < 4.78 is 15.6. The molecule has 1 aromatic heterocycles. The zero-order valence-electron chi connectivity index (χ0n) is 27.7. The number of ether oxygens (including phenoxy) is 2. The summed E-state index contributed by atoms with van der Waals surface area (Å²) in [6.45, 7) is 3.09. The zero-order chi connectivity index (χ0) is 34.3. The molecule has 0 unspecified atom stereocenters. The number of aliphatic hydroxyl groups excluding tert-OH is 1. The average molecular weight is 702 g/mol. The molecule has 0 bridgehead atoms. The van der Waals surface area contributed by atoms with Crippen LogP contribution in [0, 0.1) is 5.92 Å². The minimum atomic E-state index is -0.548. The number of thioether (sulfide) groups is 1. The van der Waals surface area contributed by atoms with Gasteiger partial charge < -0.3 is 25.2 Å². The number of rotatable bonds is 11. The summed E-state index contributed by atoms with van der Waals surface area (Å²) in [4.78, 5) is 17.2. The first-order valence-electron chi connectivity index (χ1n) is 16.8. The van der Waals surface area contributed by atoms with Crippen LogP contribution in [0.3, 0.4) is 0 Å². The minimum absolute atomic E-state index is 0.00435. The van der Waals surface area contributed by atoms with Gasteiger partial charge in [-0.2, -0.15) is 0 Å². The van der Waals surface area contributed by atoms with E-state index >= 15 is 0 Å². The highest BCUT2D eigenvalue weighted by Crippen LogP contribution is 2.43. The Kier molecular flexibility index (Phi) is 10.9. The Balaban J connectivity index is 1.04. The number of para-hydroxylation sites is 1. The van der Waals surface area contributed by atoms with Crippen LogP contribution in [0.1, 0.15) is 47.1 Å². The second kappa shape index (κ2) is 16.0. The highest BCUT2D eigenvalue weighted by atomic mass is 32.2. The van der Waals surface area contributed by atoms with E-state index in [1.54, 1.807) is 23.1 Å². The number of hydrogen-bond acceptors (Lipinski definition) is 7. The number of nitrogens with zero attached hydrogens (tertiary/aromatic N) is 1. The molecular formula is C41H39N3O4S2. The molecule has 50 heavy (non-hydrogen) atoms. The van der Waals surface area contributed by atoms with E-state index in [0.717, 1.165) is 54.6 Å². The van der Waals surface area contributed by atoms with Gasteiger partial charge in [-0.15, -0.1) is 11.3 Å². The largest absolute Gasteiger partial charge is 0.392 e. The van der Waals surface area contributed by atoms with Crippen LogP contribution < -0.4 is 10.6 Å². The summed E-state index contributed by atoms with van der Waals surface area (Å²) in [6.07, 6.45) is -0.813. The number of nitrogens with one attached hydrogen (secondary N) is 2. The number of carbonyl (C=O) groups is 1. The van der Waals surface area contributed by atoms with Crippen LogP contribution in [-0.4, -0.2) is 28.0 Å². The summed E-state index contributed by atoms with van der Waals surface area (Å²) in [7, 11) is 0. The van der Waals surface area contributed by atoms with Gasteiger partial charge >= 0.3 is 6.03 Å². The third-order valence-electron chi connectivity index (χ3n) is 8.96. The molecule has 254 valence electrons. The number of aromatic nitrogens is 1. The zero-order valence-corrected chi connectivity index (χ0v) is 29.3. The molecule has 7 rings (SSSR count). The fraction of sp³-hybridized carbons (Fsp3) is 0.220. The normalized spacial score (nSPS) is 18.9. The van der Waals surface area contributed by atoms with E-state index < -0.39 is 6.29 Å². The number of amides is 2. The van der Waals surface area contributed by atoms with Crippen molar-refractivity contribution in [3.8, 4) is 11.1 Å². The van der Waals surface area contributed by atoms with Crippen molar-refractivity contribution in [1.82, 2.24) is 15.6 Å². The second-order valence-corrected chi connectivity index (χ2v) is 14.7. The number of fused-ring (bicyclic) bond motifs is 1. The van der Waals surface area contributed by atoms with E-state index in [1.165, 1.54) is 4.70 Å². The first-order chi connectivity index (χ1) is 24.5. The van der Waals surface area contributed by atoms with Gasteiger partial charge in [-0.1, -0.05) is 128 Å². The number of aliphatic hydroxyl groups is 1. The monoisotopic (exact) mass is 701 g/mol. The van der Waals surface area contributed by atoms with Gasteiger partial charge in [0.15, 0.2) is 10.6 Å². The number of benzene rings is 5. The number of carbonyl (C=O) groups excluding carboxylic acids is 1. The molecule has 2 heterocycles. The van der Waals surface area contributed by atoms with Gasteiger partial charge in [-0.25, -0.2) is 9.78 Å². The van der Waals surface area contributed by atoms with Crippen LogP contribution in [0.2, 0.25) is 0 Å². The van der Waals surface area contributed by atoms with Crippen LogP contribution in [-0.2, 0) is 29.2 Å². The molecule has 1 aliphatic rings. The maximum Gasteiger partial charge on any atom is 0.315 e. The summed E-state index contributed by atoms with van der Waals surface area (Å²) in [5, 5.41) is 15.5. The molecule has 4 atom stereocenters. The Hall–Kier alpha value is -4.51. The van der Waals surface area contributed by atoms with Crippen molar-refractivity contribution in [2.75, 3.05) is 5.75 Å². The Morgan fingerprint density at radius 3 is 2.22 bits per heavy atom. The fourth-order valence-electron chi connectivity index (χ4n) is 6.09. The number of thiazole rings is 1. The van der Waals surface area contributed by atoms with E-state index in [0.29, 0.717) is 13.1 Å². The molecule has 0 saturated carbocycles. The summed E-state index contributed by atoms with van der Waals surface area (Å²) in [5.41, 5.74) is 8.09. The molecular weight excluding hydrogens is 663 g/mol. The van der Waals surface area contributed by atoms with E-state index in [2.05, 4.69) is 66.1 Å². The standard InChI is InChI=1S/C41H39N3O4S2/c1-27-36(26-49-41-44-35-12-5-6-13-37(35)50-41)47-39(48-38(27)32-16-14-29(25-45)15-17-32)33-20-18-31(19-21-33)34-11-7-10-30(22-34)24-43-40(46)42-23-28-8-3-2-4-9-28/h2-22,27,36,38-39,45H,23-26H2,1H3,(H2,42,43,46)/t27-,36+,38+,39+/m0/s1. The first kappa shape index (κ1) is 34.0. The molecule has 7 nitrogen and oxygen atoms in total. The molecule has 6 aromatic rings. The highest BCUT2D eigenvalue weighted by molar-refractivity contribution is 8.01. The molecule has 5 aromatic carbocycles. The van der Waals surface area contributed by atoms with Crippen molar-refractivity contribution in [2.45, 2.75) is 49.5 Å². The van der Waals surface area contributed by atoms with Crippen molar-refractivity contribution in [3.63, 3.8) is 0 Å². The molecule has 0 radical (unpaired) electrons. The predicted molar refractivity (Wildman–Crippen MR) is 201 cm³/mol. The number of hydrogen-bond donors (Lipinski definition) is 3. The molecule has 1 saturated heterocycles. The lowest BCUT2D eigenvalue weighted by Crippen LogP contribution is -2.38. The molecule has 9 heteroatoms. The molecule has 1 fully saturated rings. The lowest BCUT2D eigenvalue weighted by Gasteiger charge is -2.41. The minimum Gasteiger partial charge on any atom is -0.392 e. The second-order valence-electron chi connectivity index (χ2n) is 12.4. The third-order valence-corrected chi connectivity index (χ3v) is 11.2. The van der Waals surface area contributed by atoms with Gasteiger partial charge in [0.25, 0.3) is 0 Å². The molecule has 0 spiro atoms. The van der Waals surface area contributed by atoms with Gasteiger partial charge in [0, 0.05) is 30.3 Å². The quantitative estimate of drug-likeness (QED) is 0.117. The highest BCUT2D eigenvalue weighted by Gasteiger charge is 2.38. The predicted octanol–water partition coefficient (Wildman–Crippen LogP) is 9.04. The maximum absolute atomic E-state index is 12.4. The van der Waals surface area contributed by atoms with Gasteiger partial charge in [0.2, 0.25) is 0 Å². The number of urea groups is 1. The first-order valence-corrected chi connectivity index (χ1v) is 18.6. The Labute approximate surface area is 300 Å². The average Bonchev–Trinajstić information content (AvgIpc) is 3.60. The molecule has 1 aliphatic heterocycles. The lowest BCUT2D eigenvalue weighted by atomic mass is 9.91. The molecule has 3 N–H and O–H groups in total. The van der Waals surface area contributed by atoms with E-state index in [-0.39, 0.29) is 30.8 Å². The molecule has 2 amide bonds. The topological polar surface area (TPSA) is 92.7 Å². The maximum atomic E-state index is 12.4. The fourth-order valence-corrected chi connectivity index (χ4v) is 8.35. The van der Waals surface area contributed by atoms with Crippen molar-refractivity contribution in [2.24, 2.45) is 5.92 Å². The SMILES string of the molecule is C[C@H]1[C@@H](CSc2nc3ccccc3s2)O[C@@H](c2ccc(-c3cccc(CNC(=O)NCc4ccccc4)c3)cc2)O[C@H]1c1ccc(CO)cc1. The lowest BCUT2D eigenvalue weighted by molar-refractivity contribution is -0.268. The van der Waals surface area contributed by atoms with Gasteiger partial charge in [0.1, 0.15) is 0 Å². The third kappa shape index (κ3) is 8.26. The van der Waals surface area contributed by atoms with E-state index in [9.17, 15) is 9.90 Å². The van der Waals surface area contributed by atoms with Crippen LogP contribution in [0.4, 0.5) is 4.79 Å². The smallest absolute Gasteiger partial charge is 0.315 e. The summed E-state index contributed by atoms with van der Waals surface area (Å²) in [5.74, 6) is 0.832. The Bertz CT molecular complexity index is 1990. The van der Waals surface area contributed by atoms with Gasteiger partial charge in [0.05, 0.1) is 29.0 Å². The van der Waals surface area contributed by atoms with Crippen LogP contribution in [0.25, 0.3) is 21.3 Å². The van der Waals surface area contributed by atoms with Crippen molar-refractivity contribution in [1.29, 1.82) is 0 Å². The summed E-state index contributed by atoms with van der Waals surface area (Å²) >= 11 is 3.44. The Morgan fingerprint density at radius 2 is 1.46 bits per heavy atom. The van der Waals surface area contributed by atoms with Crippen molar-refractivity contribution < 1.29 is 19.4 Å². The van der Waals surface area contributed by atoms with Crippen molar-refractivity contribution >= 4 is 39.3 Å². The van der Waals surface area contributed by atoms with E-state index in [4.69, 9.17) is 14.5 Å². The van der Waals surface area contributed by atoms with Gasteiger partial charge in [-0.05, 0) is 51.6 Å².